The second kappa shape index (κ2) is 8.98. The van der Waals surface area contributed by atoms with Gasteiger partial charge in [0.2, 0.25) is 0 Å². The van der Waals surface area contributed by atoms with Gasteiger partial charge in [0, 0.05) is 32.2 Å². The first-order valence-corrected chi connectivity index (χ1v) is 8.11. The summed E-state index contributed by atoms with van der Waals surface area (Å²) in [6.45, 7) is 9.63. The summed E-state index contributed by atoms with van der Waals surface area (Å²) in [6.07, 6.45) is 5.50. The van der Waals surface area contributed by atoms with Crippen LogP contribution in [0.3, 0.4) is 0 Å². The molecule has 20 heavy (non-hydrogen) atoms. The van der Waals surface area contributed by atoms with Crippen LogP contribution in [0.2, 0.25) is 0 Å². The highest BCUT2D eigenvalue weighted by Crippen LogP contribution is 2.28. The molecule has 0 aromatic carbocycles. The molecular formula is C16H34N2O2. The summed E-state index contributed by atoms with van der Waals surface area (Å²) < 4.78 is 4.90. The number of aliphatic hydroxyl groups is 1. The van der Waals surface area contributed by atoms with Crippen molar-refractivity contribution >= 4 is 0 Å². The minimum Gasteiger partial charge on any atom is -0.368 e. The Kier molecular flexibility index (Phi) is 8.03. The maximum Gasteiger partial charge on any atom is 0.155 e. The third-order valence-electron chi connectivity index (χ3n) is 4.56. The zero-order valence-corrected chi connectivity index (χ0v) is 13.7. The SMILES string of the molecule is COC(O)CC(C)(C)NCCNCC1CCCCC1C. The van der Waals surface area contributed by atoms with Crippen molar-refractivity contribution in [1.82, 2.24) is 10.6 Å². The quantitative estimate of drug-likeness (QED) is 0.449. The largest absolute Gasteiger partial charge is 0.368 e. The lowest BCUT2D eigenvalue weighted by atomic mass is 9.80. The second-order valence-electron chi connectivity index (χ2n) is 6.93. The van der Waals surface area contributed by atoms with Crippen molar-refractivity contribution in [2.45, 2.75) is 64.7 Å². The van der Waals surface area contributed by atoms with Gasteiger partial charge in [-0.05, 0) is 38.6 Å². The third-order valence-corrected chi connectivity index (χ3v) is 4.56. The van der Waals surface area contributed by atoms with Crippen LogP contribution in [0.25, 0.3) is 0 Å². The fourth-order valence-electron chi connectivity index (χ4n) is 3.07. The molecule has 1 aliphatic rings. The number of ether oxygens (including phenoxy) is 1. The van der Waals surface area contributed by atoms with Crippen LogP contribution in [-0.2, 0) is 4.74 Å². The van der Waals surface area contributed by atoms with Crippen molar-refractivity contribution in [3.8, 4) is 0 Å². The Hall–Kier alpha value is -0.160. The van der Waals surface area contributed by atoms with Crippen LogP contribution in [0.4, 0.5) is 0 Å². The van der Waals surface area contributed by atoms with Gasteiger partial charge >= 0.3 is 0 Å². The average Bonchev–Trinajstić information content (AvgIpc) is 2.39. The predicted octanol–water partition coefficient (Wildman–Crippen LogP) is 2.13. The van der Waals surface area contributed by atoms with E-state index in [-0.39, 0.29) is 5.54 Å². The van der Waals surface area contributed by atoms with Gasteiger partial charge < -0.3 is 20.5 Å². The molecule has 0 spiro atoms. The second-order valence-corrected chi connectivity index (χ2v) is 6.93. The molecule has 4 nitrogen and oxygen atoms in total. The molecule has 0 heterocycles. The topological polar surface area (TPSA) is 53.5 Å². The fourth-order valence-corrected chi connectivity index (χ4v) is 3.07. The molecule has 3 N–H and O–H groups in total. The maximum atomic E-state index is 9.52. The standard InChI is InChI=1S/C16H34N2O2/c1-13-7-5-6-8-14(13)12-17-9-10-18-16(2,3)11-15(19)20-4/h13-15,17-19H,5-12H2,1-4H3. The molecule has 0 amide bonds. The zero-order valence-electron chi connectivity index (χ0n) is 13.7. The lowest BCUT2D eigenvalue weighted by Gasteiger charge is -2.30. The molecule has 0 aliphatic heterocycles. The van der Waals surface area contributed by atoms with Gasteiger partial charge in [0.1, 0.15) is 0 Å². The molecule has 1 fully saturated rings. The van der Waals surface area contributed by atoms with Gasteiger partial charge in [-0.25, -0.2) is 0 Å². The lowest BCUT2D eigenvalue weighted by molar-refractivity contribution is -0.0902. The van der Waals surface area contributed by atoms with E-state index in [1.165, 1.54) is 32.8 Å². The van der Waals surface area contributed by atoms with Crippen LogP contribution in [0.1, 0.15) is 52.9 Å². The van der Waals surface area contributed by atoms with Gasteiger partial charge in [0.15, 0.2) is 6.29 Å². The molecule has 0 saturated heterocycles. The van der Waals surface area contributed by atoms with Crippen LogP contribution < -0.4 is 10.6 Å². The molecular weight excluding hydrogens is 252 g/mol. The Morgan fingerprint density at radius 2 is 1.95 bits per heavy atom. The molecule has 4 heteroatoms. The number of rotatable bonds is 9. The molecule has 3 unspecified atom stereocenters. The molecule has 1 aliphatic carbocycles. The Morgan fingerprint density at radius 3 is 2.60 bits per heavy atom. The summed E-state index contributed by atoms with van der Waals surface area (Å²) in [5, 5.41) is 16.6. The van der Waals surface area contributed by atoms with E-state index in [4.69, 9.17) is 4.74 Å². The highest BCUT2D eigenvalue weighted by atomic mass is 16.6. The number of hydrogen-bond donors (Lipinski definition) is 3. The van der Waals surface area contributed by atoms with E-state index in [9.17, 15) is 5.11 Å². The van der Waals surface area contributed by atoms with Gasteiger partial charge in [-0.3, -0.25) is 0 Å². The summed E-state index contributed by atoms with van der Waals surface area (Å²) >= 11 is 0. The van der Waals surface area contributed by atoms with Crippen molar-refractivity contribution in [3.05, 3.63) is 0 Å². The molecule has 1 rings (SSSR count). The van der Waals surface area contributed by atoms with Gasteiger partial charge in [-0.2, -0.15) is 0 Å². The summed E-state index contributed by atoms with van der Waals surface area (Å²) in [5.74, 6) is 1.73. The predicted molar refractivity (Wildman–Crippen MR) is 83.7 cm³/mol. The van der Waals surface area contributed by atoms with Gasteiger partial charge in [-0.15, -0.1) is 0 Å². The Balaban J connectivity index is 2.09. The summed E-state index contributed by atoms with van der Waals surface area (Å²) in [4.78, 5) is 0. The van der Waals surface area contributed by atoms with Gasteiger partial charge in [0.05, 0.1) is 0 Å². The Bertz CT molecular complexity index is 259. The minimum atomic E-state index is -0.687. The Labute approximate surface area is 124 Å². The molecule has 0 aromatic rings. The highest BCUT2D eigenvalue weighted by molar-refractivity contribution is 4.79. The maximum absolute atomic E-state index is 9.52. The van der Waals surface area contributed by atoms with E-state index >= 15 is 0 Å². The first-order chi connectivity index (χ1) is 9.44. The van der Waals surface area contributed by atoms with E-state index in [1.807, 2.05) is 0 Å². The average molecular weight is 286 g/mol. The minimum absolute atomic E-state index is 0.102. The summed E-state index contributed by atoms with van der Waals surface area (Å²) in [6, 6.07) is 0. The number of aliphatic hydroxyl groups excluding tert-OH is 1. The summed E-state index contributed by atoms with van der Waals surface area (Å²) in [5.41, 5.74) is -0.102. The normalized spacial score (nSPS) is 25.6. The number of hydrogen-bond acceptors (Lipinski definition) is 4. The number of methoxy groups -OCH3 is 1. The highest BCUT2D eigenvalue weighted by Gasteiger charge is 2.22. The van der Waals surface area contributed by atoms with E-state index in [2.05, 4.69) is 31.4 Å². The first kappa shape index (κ1) is 17.9. The van der Waals surface area contributed by atoms with Crippen molar-refractivity contribution < 1.29 is 9.84 Å². The van der Waals surface area contributed by atoms with E-state index in [0.29, 0.717) is 6.42 Å². The van der Waals surface area contributed by atoms with Crippen molar-refractivity contribution in [1.29, 1.82) is 0 Å². The van der Waals surface area contributed by atoms with Crippen molar-refractivity contribution in [2.24, 2.45) is 11.8 Å². The van der Waals surface area contributed by atoms with Crippen LogP contribution >= 0.6 is 0 Å². The van der Waals surface area contributed by atoms with Crippen LogP contribution in [0, 0.1) is 11.8 Å². The fraction of sp³-hybridized carbons (Fsp3) is 1.00. The van der Waals surface area contributed by atoms with Crippen LogP contribution in [0.15, 0.2) is 0 Å². The zero-order chi connectivity index (χ0) is 15.0. The number of nitrogens with one attached hydrogen (secondary N) is 2. The molecule has 0 radical (unpaired) electrons. The van der Waals surface area contributed by atoms with Gasteiger partial charge in [0.25, 0.3) is 0 Å². The van der Waals surface area contributed by atoms with Crippen molar-refractivity contribution in [2.75, 3.05) is 26.7 Å². The van der Waals surface area contributed by atoms with Crippen LogP contribution in [-0.4, -0.2) is 43.7 Å². The monoisotopic (exact) mass is 286 g/mol. The van der Waals surface area contributed by atoms with Crippen LogP contribution in [0.5, 0.6) is 0 Å². The first-order valence-electron chi connectivity index (χ1n) is 8.11. The molecule has 120 valence electrons. The lowest BCUT2D eigenvalue weighted by Crippen LogP contribution is -2.45. The van der Waals surface area contributed by atoms with E-state index < -0.39 is 6.29 Å². The molecule has 3 atom stereocenters. The molecule has 1 saturated carbocycles. The van der Waals surface area contributed by atoms with E-state index in [0.717, 1.165) is 31.5 Å². The van der Waals surface area contributed by atoms with Gasteiger partial charge in [-0.1, -0.05) is 26.2 Å². The summed E-state index contributed by atoms with van der Waals surface area (Å²) in [7, 11) is 1.54. The molecule has 0 bridgehead atoms. The van der Waals surface area contributed by atoms with Crippen molar-refractivity contribution in [3.63, 3.8) is 0 Å². The smallest absolute Gasteiger partial charge is 0.155 e. The molecule has 0 aromatic heterocycles. The van der Waals surface area contributed by atoms with E-state index in [1.54, 1.807) is 0 Å². The third kappa shape index (κ3) is 7.02. The Morgan fingerprint density at radius 1 is 1.25 bits per heavy atom.